The molecule has 3 aromatic heterocycles. The van der Waals surface area contributed by atoms with Crippen molar-refractivity contribution in [3.63, 3.8) is 0 Å². The highest BCUT2D eigenvalue weighted by Crippen LogP contribution is 2.29. The lowest BCUT2D eigenvalue weighted by Crippen LogP contribution is -2.12. The number of nitrogens with two attached hydrogens (primary N) is 1. The molecule has 7 heteroatoms. The molecular formula is C19H18N6O. The van der Waals surface area contributed by atoms with Crippen LogP contribution in [0.2, 0.25) is 0 Å². The molecule has 0 aromatic carbocycles. The van der Waals surface area contributed by atoms with E-state index in [0.717, 1.165) is 28.6 Å². The Bertz CT molecular complexity index is 1010. The van der Waals surface area contributed by atoms with Crippen molar-refractivity contribution in [3.8, 4) is 17.3 Å². The molecule has 0 atom stereocenters. The summed E-state index contributed by atoms with van der Waals surface area (Å²) in [7, 11) is 0. The first-order chi connectivity index (χ1) is 12.6. The van der Waals surface area contributed by atoms with Crippen molar-refractivity contribution < 1.29 is 4.79 Å². The number of anilines is 2. The van der Waals surface area contributed by atoms with Crippen molar-refractivity contribution in [3.05, 3.63) is 42.4 Å². The van der Waals surface area contributed by atoms with Gasteiger partial charge in [-0.3, -0.25) is 9.78 Å². The van der Waals surface area contributed by atoms with Crippen molar-refractivity contribution >= 4 is 28.3 Å². The molecule has 0 aliphatic carbocycles. The third-order valence-electron chi connectivity index (χ3n) is 4.04. The van der Waals surface area contributed by atoms with E-state index >= 15 is 0 Å². The number of aryl methyl sites for hydroxylation is 1. The van der Waals surface area contributed by atoms with E-state index in [4.69, 9.17) is 11.0 Å². The Morgan fingerprint density at radius 2 is 2.19 bits per heavy atom. The van der Waals surface area contributed by atoms with Crippen molar-refractivity contribution in [2.24, 2.45) is 0 Å². The van der Waals surface area contributed by atoms with E-state index in [1.54, 1.807) is 24.7 Å². The maximum Gasteiger partial charge on any atom is 0.226 e. The fraction of sp³-hybridized carbons (Fsp3) is 0.211. The van der Waals surface area contributed by atoms with E-state index in [1.165, 1.54) is 0 Å². The monoisotopic (exact) mass is 346 g/mol. The predicted molar refractivity (Wildman–Crippen MR) is 100 cm³/mol. The molecule has 0 bridgehead atoms. The Hall–Kier alpha value is -3.53. The number of nitriles is 1. The second-order valence-corrected chi connectivity index (χ2v) is 5.78. The second kappa shape index (κ2) is 7.57. The van der Waals surface area contributed by atoms with E-state index in [-0.39, 0.29) is 18.7 Å². The number of carbonyl (C=O) groups is 1. The molecule has 0 aliphatic heterocycles. The van der Waals surface area contributed by atoms with Gasteiger partial charge in [0.2, 0.25) is 5.91 Å². The van der Waals surface area contributed by atoms with Crippen LogP contribution in [-0.2, 0) is 11.2 Å². The van der Waals surface area contributed by atoms with Crippen LogP contribution in [0.25, 0.3) is 22.0 Å². The number of aromatic nitrogens is 3. The van der Waals surface area contributed by atoms with E-state index in [0.29, 0.717) is 17.0 Å². The smallest absolute Gasteiger partial charge is 0.226 e. The Labute approximate surface area is 150 Å². The zero-order valence-electron chi connectivity index (χ0n) is 14.4. The van der Waals surface area contributed by atoms with Gasteiger partial charge in [-0.2, -0.15) is 5.26 Å². The number of nitrogen functional groups attached to an aromatic ring is 1. The summed E-state index contributed by atoms with van der Waals surface area (Å²) >= 11 is 0. The molecule has 3 aromatic rings. The molecule has 0 fully saturated rings. The van der Waals surface area contributed by atoms with Crippen molar-refractivity contribution in [1.29, 1.82) is 5.26 Å². The largest absolute Gasteiger partial charge is 0.383 e. The molecule has 26 heavy (non-hydrogen) atoms. The van der Waals surface area contributed by atoms with Crippen LogP contribution in [0.5, 0.6) is 0 Å². The summed E-state index contributed by atoms with van der Waals surface area (Å²) in [5.74, 6) is 0.540. The summed E-state index contributed by atoms with van der Waals surface area (Å²) in [5, 5.41) is 12.8. The fourth-order valence-electron chi connectivity index (χ4n) is 2.72. The van der Waals surface area contributed by atoms with Crippen LogP contribution in [0.15, 0.2) is 36.8 Å². The van der Waals surface area contributed by atoms with Crippen molar-refractivity contribution in [2.45, 2.75) is 26.2 Å². The average molecular weight is 346 g/mol. The zero-order chi connectivity index (χ0) is 18.5. The minimum atomic E-state index is -0.249. The molecule has 3 N–H and O–H groups in total. The van der Waals surface area contributed by atoms with E-state index < -0.39 is 0 Å². The van der Waals surface area contributed by atoms with Crippen LogP contribution in [0.4, 0.5) is 11.6 Å². The molecular weight excluding hydrogens is 328 g/mol. The summed E-state index contributed by atoms with van der Waals surface area (Å²) in [6.07, 6.45) is 6.28. The Morgan fingerprint density at radius 3 is 2.96 bits per heavy atom. The number of amides is 1. The highest BCUT2D eigenvalue weighted by Gasteiger charge is 2.11. The SMILES string of the molecule is CCc1ccncc1-c1cc2cc(NC(=O)CCC#N)ncc2c(N)n1. The molecule has 0 spiro atoms. The number of nitrogens with one attached hydrogen (secondary N) is 1. The molecule has 1 amide bonds. The number of rotatable bonds is 5. The summed E-state index contributed by atoms with van der Waals surface area (Å²) in [4.78, 5) is 24.7. The van der Waals surface area contributed by atoms with Gasteiger partial charge in [0.25, 0.3) is 0 Å². The van der Waals surface area contributed by atoms with Crippen LogP contribution in [0.3, 0.4) is 0 Å². The molecule has 3 rings (SSSR count). The van der Waals surface area contributed by atoms with E-state index in [1.807, 2.05) is 18.2 Å². The highest BCUT2D eigenvalue weighted by molar-refractivity contribution is 5.97. The number of hydrogen-bond donors (Lipinski definition) is 2. The van der Waals surface area contributed by atoms with Crippen LogP contribution < -0.4 is 11.1 Å². The minimum absolute atomic E-state index is 0.134. The molecule has 7 nitrogen and oxygen atoms in total. The molecule has 0 unspecified atom stereocenters. The third-order valence-corrected chi connectivity index (χ3v) is 4.04. The summed E-state index contributed by atoms with van der Waals surface area (Å²) in [6.45, 7) is 2.07. The van der Waals surface area contributed by atoms with Gasteiger partial charge in [-0.05, 0) is 35.6 Å². The van der Waals surface area contributed by atoms with Gasteiger partial charge in [0.1, 0.15) is 11.6 Å². The van der Waals surface area contributed by atoms with Gasteiger partial charge in [0.05, 0.1) is 11.8 Å². The number of nitrogens with zero attached hydrogens (tertiary/aromatic N) is 4. The standard InChI is InChI=1S/C19H18N6O/c1-2-12-5-7-22-10-14(12)16-8-13-9-17(25-18(26)4-3-6-20)23-11-15(13)19(21)24-16/h5,7-11H,2-4H2,1H3,(H2,21,24)(H,23,25,26). The van der Waals surface area contributed by atoms with Crippen molar-refractivity contribution in [1.82, 2.24) is 15.0 Å². The van der Waals surface area contributed by atoms with E-state index in [2.05, 4.69) is 27.2 Å². The summed E-state index contributed by atoms with van der Waals surface area (Å²) in [5.41, 5.74) is 8.90. The second-order valence-electron chi connectivity index (χ2n) is 5.78. The summed E-state index contributed by atoms with van der Waals surface area (Å²) < 4.78 is 0. The summed E-state index contributed by atoms with van der Waals surface area (Å²) in [6, 6.07) is 7.57. The van der Waals surface area contributed by atoms with Crippen molar-refractivity contribution in [2.75, 3.05) is 11.1 Å². The predicted octanol–water partition coefficient (Wildman–Crippen LogP) is 3.08. The van der Waals surface area contributed by atoms with E-state index in [9.17, 15) is 4.79 Å². The molecule has 0 radical (unpaired) electrons. The maximum absolute atomic E-state index is 11.8. The number of carbonyl (C=O) groups excluding carboxylic acids is 1. The van der Waals surface area contributed by atoms with Crippen LogP contribution in [0.1, 0.15) is 25.3 Å². The highest BCUT2D eigenvalue weighted by atomic mass is 16.1. The quantitative estimate of drug-likeness (QED) is 0.733. The van der Waals surface area contributed by atoms with Crippen LogP contribution >= 0.6 is 0 Å². The first-order valence-corrected chi connectivity index (χ1v) is 8.28. The van der Waals surface area contributed by atoms with Gasteiger partial charge in [-0.1, -0.05) is 6.92 Å². The van der Waals surface area contributed by atoms with Gasteiger partial charge in [0.15, 0.2) is 0 Å². The molecule has 3 heterocycles. The lowest BCUT2D eigenvalue weighted by atomic mass is 10.0. The van der Waals surface area contributed by atoms with Crippen LogP contribution in [-0.4, -0.2) is 20.9 Å². The Kier molecular flexibility index (Phi) is 5.04. The number of fused-ring (bicyclic) bond motifs is 1. The third kappa shape index (κ3) is 3.59. The number of pyridine rings is 3. The van der Waals surface area contributed by atoms with Gasteiger partial charge < -0.3 is 11.1 Å². The van der Waals surface area contributed by atoms with Gasteiger partial charge in [-0.25, -0.2) is 9.97 Å². The maximum atomic E-state index is 11.8. The minimum Gasteiger partial charge on any atom is -0.383 e. The molecule has 130 valence electrons. The first-order valence-electron chi connectivity index (χ1n) is 8.28. The molecule has 0 saturated heterocycles. The Morgan fingerprint density at radius 1 is 1.35 bits per heavy atom. The lowest BCUT2D eigenvalue weighted by molar-refractivity contribution is -0.116. The topological polar surface area (TPSA) is 118 Å². The first kappa shape index (κ1) is 17.3. The fourth-order valence-corrected chi connectivity index (χ4v) is 2.72. The van der Waals surface area contributed by atoms with Gasteiger partial charge >= 0.3 is 0 Å². The Balaban J connectivity index is 2.01. The molecule has 0 saturated carbocycles. The normalized spacial score (nSPS) is 10.5. The number of hydrogen-bond acceptors (Lipinski definition) is 6. The van der Waals surface area contributed by atoms with Gasteiger partial charge in [-0.15, -0.1) is 0 Å². The van der Waals surface area contributed by atoms with Crippen LogP contribution in [0, 0.1) is 11.3 Å². The lowest BCUT2D eigenvalue weighted by Gasteiger charge is -2.10. The zero-order valence-corrected chi connectivity index (χ0v) is 14.4. The van der Waals surface area contributed by atoms with Gasteiger partial charge in [0, 0.05) is 42.4 Å². The molecule has 0 aliphatic rings. The average Bonchev–Trinajstić information content (AvgIpc) is 2.66.